The highest BCUT2D eigenvalue weighted by molar-refractivity contribution is 7.08. The number of nitrogens with zero attached hydrogens (tertiary/aromatic N) is 4. The van der Waals surface area contributed by atoms with Crippen molar-refractivity contribution in [3.05, 3.63) is 46.0 Å². The van der Waals surface area contributed by atoms with E-state index in [2.05, 4.69) is 9.59 Å². The topological polar surface area (TPSA) is 66.4 Å². The summed E-state index contributed by atoms with van der Waals surface area (Å²) in [6.07, 6.45) is -3.82. The molecule has 1 saturated heterocycles. The number of alkyl halides is 3. The number of carbonyl (C=O) groups is 2. The summed E-state index contributed by atoms with van der Waals surface area (Å²) in [5.74, 6) is -0.493. The number of rotatable bonds is 3. The van der Waals surface area contributed by atoms with E-state index in [0.29, 0.717) is 43.2 Å². The van der Waals surface area contributed by atoms with E-state index >= 15 is 0 Å². The van der Waals surface area contributed by atoms with Gasteiger partial charge in [-0.2, -0.15) is 13.2 Å². The average molecular weight is 398 g/mol. The molecule has 0 aliphatic carbocycles. The van der Waals surface area contributed by atoms with Crippen molar-refractivity contribution in [1.82, 2.24) is 19.4 Å². The molecule has 1 aliphatic rings. The molecule has 2 aromatic rings. The number of hydrogen-bond acceptors (Lipinski definition) is 5. The number of benzene rings is 1. The van der Waals surface area contributed by atoms with Crippen molar-refractivity contribution in [1.29, 1.82) is 0 Å². The molecule has 144 valence electrons. The summed E-state index contributed by atoms with van der Waals surface area (Å²) >= 11 is 1.06. The standard InChI is InChI=1S/C17H17F3N4O2S/c1-2-13-14(27-22-21-13)16(26)24-9-7-23(8-10-24)15(25)11-3-5-12(6-4-11)17(18,19)20/h3-6H,2,7-10H2,1H3. The van der Waals surface area contributed by atoms with Crippen LogP contribution < -0.4 is 0 Å². The Hall–Kier alpha value is -2.49. The Kier molecular flexibility index (Phi) is 5.45. The minimum absolute atomic E-state index is 0.150. The van der Waals surface area contributed by atoms with Crippen LogP contribution in [0.25, 0.3) is 0 Å². The van der Waals surface area contributed by atoms with Gasteiger partial charge in [0.15, 0.2) is 0 Å². The maximum Gasteiger partial charge on any atom is 0.416 e. The quantitative estimate of drug-likeness (QED) is 0.798. The normalized spacial score (nSPS) is 15.1. The zero-order valence-corrected chi connectivity index (χ0v) is 15.3. The molecule has 0 N–H and O–H groups in total. The molecule has 0 radical (unpaired) electrons. The first-order valence-corrected chi connectivity index (χ1v) is 9.15. The van der Waals surface area contributed by atoms with Gasteiger partial charge in [-0.1, -0.05) is 11.4 Å². The first kappa shape index (κ1) is 19.3. The number of carbonyl (C=O) groups excluding carboxylic acids is 2. The average Bonchev–Trinajstić information content (AvgIpc) is 3.15. The Labute approximate surface area is 157 Å². The summed E-state index contributed by atoms with van der Waals surface area (Å²) in [6, 6.07) is 4.16. The Morgan fingerprint density at radius 2 is 1.59 bits per heavy atom. The molecule has 6 nitrogen and oxygen atoms in total. The molecule has 0 spiro atoms. The Morgan fingerprint density at radius 3 is 2.11 bits per heavy atom. The van der Waals surface area contributed by atoms with Crippen LogP contribution in [0.5, 0.6) is 0 Å². The number of halogens is 3. The van der Waals surface area contributed by atoms with Gasteiger partial charge in [-0.15, -0.1) is 5.10 Å². The molecule has 0 bridgehead atoms. The van der Waals surface area contributed by atoms with E-state index in [1.807, 2.05) is 6.92 Å². The summed E-state index contributed by atoms with van der Waals surface area (Å²) < 4.78 is 41.7. The molecule has 1 fully saturated rings. The van der Waals surface area contributed by atoms with E-state index in [9.17, 15) is 22.8 Å². The highest BCUT2D eigenvalue weighted by Crippen LogP contribution is 2.29. The first-order valence-electron chi connectivity index (χ1n) is 8.38. The number of hydrogen-bond donors (Lipinski definition) is 0. The molecule has 0 saturated carbocycles. The van der Waals surface area contributed by atoms with Gasteiger partial charge in [0.25, 0.3) is 11.8 Å². The summed E-state index contributed by atoms with van der Waals surface area (Å²) in [4.78, 5) is 28.8. The molecule has 0 atom stereocenters. The number of aryl methyl sites for hydroxylation is 1. The van der Waals surface area contributed by atoms with E-state index in [1.54, 1.807) is 4.90 Å². The van der Waals surface area contributed by atoms with E-state index in [0.717, 1.165) is 23.7 Å². The second kappa shape index (κ2) is 7.63. The van der Waals surface area contributed by atoms with Gasteiger partial charge in [0.1, 0.15) is 4.88 Å². The van der Waals surface area contributed by atoms with E-state index in [-0.39, 0.29) is 17.4 Å². The van der Waals surface area contributed by atoms with Crippen molar-refractivity contribution in [2.45, 2.75) is 19.5 Å². The van der Waals surface area contributed by atoms with Gasteiger partial charge in [0.05, 0.1) is 11.3 Å². The van der Waals surface area contributed by atoms with Crippen molar-refractivity contribution in [3.8, 4) is 0 Å². The lowest BCUT2D eigenvalue weighted by Crippen LogP contribution is -2.50. The molecule has 2 amide bonds. The second-order valence-electron chi connectivity index (χ2n) is 6.06. The van der Waals surface area contributed by atoms with Crippen LogP contribution in [0.2, 0.25) is 0 Å². The second-order valence-corrected chi connectivity index (χ2v) is 6.82. The molecule has 1 aromatic carbocycles. The predicted octanol–water partition coefficient (Wildman–Crippen LogP) is 2.72. The summed E-state index contributed by atoms with van der Waals surface area (Å²) in [6.45, 7) is 3.24. The minimum atomic E-state index is -4.43. The fraction of sp³-hybridized carbons (Fsp3) is 0.412. The van der Waals surface area contributed by atoms with Crippen molar-refractivity contribution >= 4 is 23.3 Å². The van der Waals surface area contributed by atoms with Gasteiger partial charge in [-0.05, 0) is 42.2 Å². The molecule has 1 aromatic heterocycles. The molecule has 0 unspecified atom stereocenters. The van der Waals surface area contributed by atoms with Crippen LogP contribution in [0, 0.1) is 0 Å². The molecule has 1 aliphatic heterocycles. The summed E-state index contributed by atoms with van der Waals surface area (Å²) in [5, 5.41) is 3.93. The molecule has 3 rings (SSSR count). The van der Waals surface area contributed by atoms with Crippen molar-refractivity contribution in [2.24, 2.45) is 0 Å². The van der Waals surface area contributed by atoms with Crippen molar-refractivity contribution < 1.29 is 22.8 Å². The molecule has 10 heteroatoms. The molecular weight excluding hydrogens is 381 g/mol. The van der Waals surface area contributed by atoms with Gasteiger partial charge < -0.3 is 9.80 Å². The third-order valence-corrected chi connectivity index (χ3v) is 5.15. The Bertz CT molecular complexity index is 827. The van der Waals surface area contributed by atoms with E-state index in [1.165, 1.54) is 17.0 Å². The maximum atomic E-state index is 12.6. The highest BCUT2D eigenvalue weighted by Gasteiger charge is 2.31. The van der Waals surface area contributed by atoms with Crippen molar-refractivity contribution in [2.75, 3.05) is 26.2 Å². The van der Waals surface area contributed by atoms with Crippen LogP contribution >= 0.6 is 11.5 Å². The fourth-order valence-corrected chi connectivity index (χ4v) is 3.56. The monoisotopic (exact) mass is 398 g/mol. The van der Waals surface area contributed by atoms with Crippen LogP contribution in [-0.4, -0.2) is 57.4 Å². The lowest BCUT2D eigenvalue weighted by molar-refractivity contribution is -0.137. The van der Waals surface area contributed by atoms with Crippen LogP contribution in [0.4, 0.5) is 13.2 Å². The van der Waals surface area contributed by atoms with Gasteiger partial charge in [-0.3, -0.25) is 9.59 Å². The molecular formula is C17H17F3N4O2S. The lowest BCUT2D eigenvalue weighted by atomic mass is 10.1. The number of piperazine rings is 1. The first-order chi connectivity index (χ1) is 12.8. The van der Waals surface area contributed by atoms with Crippen LogP contribution in [0.1, 0.15) is 38.2 Å². The fourth-order valence-electron chi connectivity index (χ4n) is 2.84. The van der Waals surface area contributed by atoms with Crippen LogP contribution in [0.15, 0.2) is 24.3 Å². The third kappa shape index (κ3) is 4.10. The van der Waals surface area contributed by atoms with E-state index in [4.69, 9.17) is 0 Å². The van der Waals surface area contributed by atoms with E-state index < -0.39 is 11.7 Å². The van der Waals surface area contributed by atoms with Crippen LogP contribution in [0.3, 0.4) is 0 Å². The Balaban J connectivity index is 1.62. The van der Waals surface area contributed by atoms with Gasteiger partial charge in [-0.25, -0.2) is 0 Å². The SMILES string of the molecule is CCc1nnsc1C(=O)N1CCN(C(=O)c2ccc(C(F)(F)F)cc2)CC1. The van der Waals surface area contributed by atoms with Crippen LogP contribution in [-0.2, 0) is 12.6 Å². The zero-order chi connectivity index (χ0) is 19.6. The third-order valence-electron chi connectivity index (χ3n) is 4.40. The van der Waals surface area contributed by atoms with Crippen molar-refractivity contribution in [3.63, 3.8) is 0 Å². The van der Waals surface area contributed by atoms with Gasteiger partial charge in [0.2, 0.25) is 0 Å². The highest BCUT2D eigenvalue weighted by atomic mass is 32.1. The molecule has 27 heavy (non-hydrogen) atoms. The lowest BCUT2D eigenvalue weighted by Gasteiger charge is -2.34. The van der Waals surface area contributed by atoms with Gasteiger partial charge in [0, 0.05) is 31.7 Å². The maximum absolute atomic E-state index is 12.6. The smallest absolute Gasteiger partial charge is 0.335 e. The zero-order valence-electron chi connectivity index (χ0n) is 14.5. The molecule has 2 heterocycles. The summed E-state index contributed by atoms with van der Waals surface area (Å²) in [7, 11) is 0. The minimum Gasteiger partial charge on any atom is -0.335 e. The Morgan fingerprint density at radius 1 is 1.04 bits per heavy atom. The predicted molar refractivity (Wildman–Crippen MR) is 92.5 cm³/mol. The summed E-state index contributed by atoms with van der Waals surface area (Å²) in [5.41, 5.74) is 0.0651. The number of aromatic nitrogens is 2. The largest absolute Gasteiger partial charge is 0.416 e. The van der Waals surface area contributed by atoms with Gasteiger partial charge >= 0.3 is 6.18 Å². The number of amides is 2.